The highest BCUT2D eigenvalue weighted by Crippen LogP contribution is 2.33. The van der Waals surface area contributed by atoms with E-state index in [9.17, 15) is 4.79 Å². The first-order valence-corrected chi connectivity index (χ1v) is 7.73. The Bertz CT molecular complexity index is 719. The fraction of sp³-hybridized carbons (Fsp3) is 0.294. The molecule has 24 heavy (non-hydrogen) atoms. The molecule has 1 heterocycles. The van der Waals surface area contributed by atoms with Crippen molar-refractivity contribution in [2.75, 3.05) is 23.4 Å². The molecule has 128 valence electrons. The number of unbranched alkanes of at least 4 members (excludes halogenated alkanes) is 1. The fourth-order valence-electron chi connectivity index (χ4n) is 1.93. The van der Waals surface area contributed by atoms with Gasteiger partial charge < -0.3 is 20.9 Å². The number of amides is 1. The lowest BCUT2D eigenvalue weighted by Crippen LogP contribution is -2.14. The Kier molecular flexibility index (Phi) is 5.83. The van der Waals surface area contributed by atoms with Crippen molar-refractivity contribution >= 4 is 23.3 Å². The molecule has 0 aliphatic carbocycles. The van der Waals surface area contributed by atoms with Crippen LogP contribution in [0.4, 0.5) is 22.0 Å². The number of hydrogen-bond acceptors (Lipinski definition) is 6. The van der Waals surface area contributed by atoms with Crippen molar-refractivity contribution in [1.29, 1.82) is 0 Å². The highest BCUT2D eigenvalue weighted by atomic mass is 16.5. The molecule has 0 radical (unpaired) electrons. The molecule has 5 N–H and O–H groups in total. The van der Waals surface area contributed by atoms with E-state index in [-0.39, 0.29) is 11.5 Å². The van der Waals surface area contributed by atoms with Gasteiger partial charge in [-0.3, -0.25) is 5.32 Å². The van der Waals surface area contributed by atoms with Crippen LogP contribution in [0.5, 0.6) is 11.5 Å². The van der Waals surface area contributed by atoms with E-state index in [1.54, 1.807) is 18.2 Å². The van der Waals surface area contributed by atoms with Crippen molar-refractivity contribution in [1.82, 2.24) is 4.98 Å². The van der Waals surface area contributed by atoms with E-state index >= 15 is 0 Å². The molecule has 0 unspecified atom stereocenters. The topological polar surface area (TPSA) is 112 Å². The summed E-state index contributed by atoms with van der Waals surface area (Å²) < 4.78 is 10.9. The van der Waals surface area contributed by atoms with Crippen LogP contribution in [0.15, 0.2) is 30.5 Å². The van der Waals surface area contributed by atoms with E-state index in [2.05, 4.69) is 10.3 Å². The van der Waals surface area contributed by atoms with Crippen molar-refractivity contribution in [3.63, 3.8) is 0 Å². The number of hydrogen-bond donors (Lipinski definition) is 3. The maximum atomic E-state index is 11.7. The second-order valence-corrected chi connectivity index (χ2v) is 5.30. The predicted molar refractivity (Wildman–Crippen MR) is 94.2 cm³/mol. The third kappa shape index (κ3) is 4.52. The first kappa shape index (κ1) is 17.4. The van der Waals surface area contributed by atoms with Gasteiger partial charge in [-0.25, -0.2) is 9.78 Å². The lowest BCUT2D eigenvalue weighted by Gasteiger charge is -2.13. The summed E-state index contributed by atoms with van der Waals surface area (Å²) in [6.07, 6.45) is 2.82. The molecule has 1 amide bonds. The Morgan fingerprint density at radius 1 is 1.25 bits per heavy atom. The number of benzene rings is 1. The number of ether oxygens (including phenoxy) is 2. The van der Waals surface area contributed by atoms with Crippen molar-refractivity contribution in [3.8, 4) is 11.5 Å². The number of nitrogen functional groups attached to an aromatic ring is 2. The Hall–Kier alpha value is -2.96. The maximum absolute atomic E-state index is 11.7. The first-order valence-electron chi connectivity index (χ1n) is 7.73. The summed E-state index contributed by atoms with van der Waals surface area (Å²) in [4.78, 5) is 15.6. The second-order valence-electron chi connectivity index (χ2n) is 5.30. The van der Waals surface area contributed by atoms with E-state index in [1.165, 1.54) is 6.20 Å². The summed E-state index contributed by atoms with van der Waals surface area (Å²) in [5.41, 5.74) is 13.3. The smallest absolute Gasteiger partial charge is 0.411 e. The number of pyridine rings is 1. The van der Waals surface area contributed by atoms with Gasteiger partial charge in [0.05, 0.1) is 6.61 Å². The van der Waals surface area contributed by atoms with Gasteiger partial charge in [0, 0.05) is 24.0 Å². The summed E-state index contributed by atoms with van der Waals surface area (Å²) in [6, 6.07) is 6.93. The average Bonchev–Trinajstić information content (AvgIpc) is 2.55. The number of aromatic nitrogens is 1. The Morgan fingerprint density at radius 2 is 2.04 bits per heavy atom. The minimum atomic E-state index is -0.495. The van der Waals surface area contributed by atoms with Gasteiger partial charge in [-0.05, 0) is 25.0 Å². The Labute approximate surface area is 141 Å². The van der Waals surface area contributed by atoms with E-state index in [0.717, 1.165) is 18.4 Å². The molecule has 1 aromatic carbocycles. The van der Waals surface area contributed by atoms with E-state index < -0.39 is 6.09 Å². The first-order chi connectivity index (χ1) is 11.5. The largest absolute Gasteiger partial charge is 0.455 e. The van der Waals surface area contributed by atoms with Crippen LogP contribution in [0.2, 0.25) is 0 Å². The van der Waals surface area contributed by atoms with Crippen molar-refractivity contribution < 1.29 is 14.3 Å². The molecule has 0 aliphatic rings. The van der Waals surface area contributed by atoms with Crippen LogP contribution in [0, 0.1) is 6.92 Å². The molecule has 0 saturated heterocycles. The molecule has 7 nitrogen and oxygen atoms in total. The van der Waals surface area contributed by atoms with Crippen LogP contribution in [-0.2, 0) is 4.74 Å². The third-order valence-corrected chi connectivity index (χ3v) is 3.37. The molecule has 0 atom stereocenters. The number of carbonyl (C=O) groups is 1. The van der Waals surface area contributed by atoms with Gasteiger partial charge in [0.25, 0.3) is 0 Å². The van der Waals surface area contributed by atoms with Gasteiger partial charge in [-0.1, -0.05) is 19.4 Å². The summed E-state index contributed by atoms with van der Waals surface area (Å²) in [6.45, 7) is 4.31. The predicted octanol–water partition coefficient (Wildman–Crippen LogP) is 3.70. The molecule has 1 aromatic heterocycles. The lowest BCUT2D eigenvalue weighted by molar-refractivity contribution is 0.160. The summed E-state index contributed by atoms with van der Waals surface area (Å²) >= 11 is 0. The Balaban J connectivity index is 2.11. The van der Waals surface area contributed by atoms with E-state index in [0.29, 0.717) is 23.8 Å². The number of nitrogens with two attached hydrogens (primary N) is 2. The van der Waals surface area contributed by atoms with Gasteiger partial charge in [-0.15, -0.1) is 0 Å². The van der Waals surface area contributed by atoms with Crippen LogP contribution in [0.3, 0.4) is 0 Å². The maximum Gasteiger partial charge on any atom is 0.411 e. The van der Waals surface area contributed by atoms with Gasteiger partial charge in [0.2, 0.25) is 0 Å². The molecule has 2 aromatic rings. The minimum absolute atomic E-state index is 0.207. The molecule has 2 rings (SSSR count). The number of rotatable bonds is 6. The zero-order valence-corrected chi connectivity index (χ0v) is 13.8. The van der Waals surface area contributed by atoms with Crippen LogP contribution in [0.1, 0.15) is 25.3 Å². The molecule has 0 saturated carbocycles. The molecule has 0 spiro atoms. The quantitative estimate of drug-likeness (QED) is 0.696. The van der Waals surface area contributed by atoms with Crippen LogP contribution >= 0.6 is 0 Å². The number of nitrogens with zero attached hydrogens (tertiary/aromatic N) is 1. The SMILES string of the molecule is CCCCOC(=O)Nc1ccc(C)c(Oc2ccnc(N)c2N)c1. The summed E-state index contributed by atoms with van der Waals surface area (Å²) in [7, 11) is 0. The molecular weight excluding hydrogens is 308 g/mol. The average molecular weight is 330 g/mol. The number of aryl methyl sites for hydroxylation is 1. The minimum Gasteiger partial charge on any atom is -0.455 e. The van der Waals surface area contributed by atoms with Gasteiger partial charge in [0.1, 0.15) is 17.3 Å². The highest BCUT2D eigenvalue weighted by molar-refractivity contribution is 5.85. The van der Waals surface area contributed by atoms with Crippen LogP contribution in [-0.4, -0.2) is 17.7 Å². The highest BCUT2D eigenvalue weighted by Gasteiger charge is 2.10. The zero-order valence-electron chi connectivity index (χ0n) is 13.8. The number of carbonyl (C=O) groups excluding carboxylic acids is 1. The van der Waals surface area contributed by atoms with Gasteiger partial charge in [-0.2, -0.15) is 0 Å². The molecule has 7 heteroatoms. The number of nitrogens with one attached hydrogen (secondary N) is 1. The van der Waals surface area contributed by atoms with E-state index in [4.69, 9.17) is 20.9 Å². The van der Waals surface area contributed by atoms with Gasteiger partial charge in [0.15, 0.2) is 5.75 Å². The zero-order chi connectivity index (χ0) is 17.5. The van der Waals surface area contributed by atoms with Crippen molar-refractivity contribution in [2.24, 2.45) is 0 Å². The second kappa shape index (κ2) is 8.05. The third-order valence-electron chi connectivity index (χ3n) is 3.37. The van der Waals surface area contributed by atoms with Gasteiger partial charge >= 0.3 is 6.09 Å². The molecule has 0 bridgehead atoms. The van der Waals surface area contributed by atoms with Crippen LogP contribution < -0.4 is 21.5 Å². The van der Waals surface area contributed by atoms with Crippen molar-refractivity contribution in [2.45, 2.75) is 26.7 Å². The normalized spacial score (nSPS) is 10.2. The van der Waals surface area contributed by atoms with Crippen molar-refractivity contribution in [3.05, 3.63) is 36.0 Å². The molecule has 0 aliphatic heterocycles. The summed E-state index contributed by atoms with van der Waals surface area (Å²) in [5.74, 6) is 1.17. The van der Waals surface area contributed by atoms with Crippen LogP contribution in [0.25, 0.3) is 0 Å². The molecule has 0 fully saturated rings. The lowest BCUT2D eigenvalue weighted by atomic mass is 10.2. The molecular formula is C17H22N4O3. The number of anilines is 3. The summed E-state index contributed by atoms with van der Waals surface area (Å²) in [5, 5.41) is 2.67. The monoisotopic (exact) mass is 330 g/mol. The Morgan fingerprint density at radius 3 is 2.79 bits per heavy atom. The fourth-order valence-corrected chi connectivity index (χ4v) is 1.93. The standard InChI is InChI=1S/C17H22N4O3/c1-3-4-9-23-17(22)21-12-6-5-11(2)14(10-12)24-13-7-8-20-16(19)15(13)18/h5-8,10H,3-4,9,18H2,1-2H3,(H2,19,20)(H,21,22). The van der Waals surface area contributed by atoms with E-state index in [1.807, 2.05) is 19.9 Å².